The van der Waals surface area contributed by atoms with Crippen LogP contribution >= 0.6 is 0 Å². The highest BCUT2D eigenvalue weighted by molar-refractivity contribution is 5.44. The van der Waals surface area contributed by atoms with Crippen LogP contribution in [0, 0.1) is 13.8 Å². The summed E-state index contributed by atoms with van der Waals surface area (Å²) in [6.45, 7) is 6.30. The van der Waals surface area contributed by atoms with Crippen molar-refractivity contribution in [2.45, 2.75) is 33.2 Å². The van der Waals surface area contributed by atoms with E-state index in [0.717, 1.165) is 17.8 Å². The minimum Gasteiger partial charge on any atom is -0.323 e. The van der Waals surface area contributed by atoms with Crippen LogP contribution in [0.25, 0.3) is 5.69 Å². The van der Waals surface area contributed by atoms with E-state index in [1.807, 2.05) is 12.5 Å². The first-order chi connectivity index (χ1) is 8.13. The largest absolute Gasteiger partial charge is 0.323 e. The van der Waals surface area contributed by atoms with Crippen LogP contribution in [0.3, 0.4) is 0 Å². The van der Waals surface area contributed by atoms with Crippen molar-refractivity contribution in [2.24, 2.45) is 5.73 Å². The molecular weight excluding hydrogens is 210 g/mol. The zero-order valence-corrected chi connectivity index (χ0v) is 10.6. The fraction of sp³-hybridized carbons (Fsp3) is 0.357. The Morgan fingerprint density at radius 1 is 1.35 bits per heavy atom. The van der Waals surface area contributed by atoms with Crippen molar-refractivity contribution < 1.29 is 0 Å². The van der Waals surface area contributed by atoms with Crippen LogP contribution in [0.15, 0.2) is 30.7 Å². The Labute approximate surface area is 102 Å². The first kappa shape index (κ1) is 11.9. The van der Waals surface area contributed by atoms with Crippen LogP contribution in [0.4, 0.5) is 0 Å². The number of hydrogen-bond donors (Lipinski definition) is 1. The fourth-order valence-electron chi connectivity index (χ4n) is 2.07. The normalized spacial score (nSPS) is 12.7. The number of aromatic nitrogens is 2. The summed E-state index contributed by atoms with van der Waals surface area (Å²) in [6.07, 6.45) is 4.60. The van der Waals surface area contributed by atoms with Gasteiger partial charge in [-0.1, -0.05) is 24.6 Å². The van der Waals surface area contributed by atoms with E-state index in [2.05, 4.69) is 48.5 Å². The molecule has 1 aromatic carbocycles. The average molecular weight is 229 g/mol. The van der Waals surface area contributed by atoms with E-state index in [-0.39, 0.29) is 6.04 Å². The van der Waals surface area contributed by atoms with Crippen LogP contribution in [0.1, 0.15) is 36.2 Å². The molecule has 0 radical (unpaired) electrons. The zero-order valence-electron chi connectivity index (χ0n) is 10.6. The molecular formula is C14H19N3. The third kappa shape index (κ3) is 2.24. The van der Waals surface area contributed by atoms with Gasteiger partial charge in [0.2, 0.25) is 0 Å². The van der Waals surface area contributed by atoms with Crippen LogP contribution in [-0.4, -0.2) is 9.55 Å². The second kappa shape index (κ2) is 4.72. The van der Waals surface area contributed by atoms with Gasteiger partial charge in [-0.15, -0.1) is 0 Å². The molecule has 0 aliphatic rings. The Hall–Kier alpha value is -1.61. The second-order valence-electron chi connectivity index (χ2n) is 4.49. The number of rotatable bonds is 3. The summed E-state index contributed by atoms with van der Waals surface area (Å²) >= 11 is 0. The van der Waals surface area contributed by atoms with E-state index in [1.165, 1.54) is 11.1 Å². The SMILES string of the molecule is CC[C@@H](N)c1cncn1-c1ccc(C)cc1C. The zero-order chi connectivity index (χ0) is 12.4. The Balaban J connectivity index is 2.50. The average Bonchev–Trinajstić information content (AvgIpc) is 2.77. The molecule has 0 spiro atoms. The van der Waals surface area contributed by atoms with Crippen molar-refractivity contribution in [3.8, 4) is 5.69 Å². The molecule has 3 heteroatoms. The van der Waals surface area contributed by atoms with Crippen molar-refractivity contribution in [1.29, 1.82) is 0 Å². The van der Waals surface area contributed by atoms with Gasteiger partial charge < -0.3 is 10.3 Å². The molecule has 3 nitrogen and oxygen atoms in total. The molecule has 0 saturated carbocycles. The molecule has 0 aliphatic carbocycles. The van der Waals surface area contributed by atoms with E-state index in [1.54, 1.807) is 0 Å². The predicted molar refractivity (Wildman–Crippen MR) is 70.3 cm³/mol. The van der Waals surface area contributed by atoms with Gasteiger partial charge in [-0.2, -0.15) is 0 Å². The van der Waals surface area contributed by atoms with Gasteiger partial charge in [0.15, 0.2) is 0 Å². The number of hydrogen-bond acceptors (Lipinski definition) is 2. The summed E-state index contributed by atoms with van der Waals surface area (Å²) in [7, 11) is 0. The van der Waals surface area contributed by atoms with Gasteiger partial charge in [-0.3, -0.25) is 0 Å². The maximum Gasteiger partial charge on any atom is 0.0994 e. The molecule has 1 atom stereocenters. The van der Waals surface area contributed by atoms with Gasteiger partial charge in [-0.25, -0.2) is 4.98 Å². The van der Waals surface area contributed by atoms with Gasteiger partial charge in [0, 0.05) is 11.7 Å². The van der Waals surface area contributed by atoms with Gasteiger partial charge in [-0.05, 0) is 31.9 Å². The summed E-state index contributed by atoms with van der Waals surface area (Å²) in [6, 6.07) is 6.46. The van der Waals surface area contributed by atoms with E-state index in [0.29, 0.717) is 0 Å². The molecule has 17 heavy (non-hydrogen) atoms. The highest BCUT2D eigenvalue weighted by Gasteiger charge is 2.12. The highest BCUT2D eigenvalue weighted by atomic mass is 15.1. The number of nitrogens with two attached hydrogens (primary N) is 1. The van der Waals surface area contributed by atoms with Crippen molar-refractivity contribution in [3.63, 3.8) is 0 Å². The molecule has 0 fully saturated rings. The lowest BCUT2D eigenvalue weighted by atomic mass is 10.1. The number of nitrogens with zero attached hydrogens (tertiary/aromatic N) is 2. The lowest BCUT2D eigenvalue weighted by molar-refractivity contribution is 0.659. The lowest BCUT2D eigenvalue weighted by Gasteiger charge is -2.15. The first-order valence-corrected chi connectivity index (χ1v) is 5.99. The molecule has 1 aromatic heterocycles. The summed E-state index contributed by atoms with van der Waals surface area (Å²) in [5, 5.41) is 0. The molecule has 0 bridgehead atoms. The van der Waals surface area contributed by atoms with Crippen molar-refractivity contribution in [1.82, 2.24) is 9.55 Å². The third-order valence-corrected chi connectivity index (χ3v) is 3.10. The second-order valence-corrected chi connectivity index (χ2v) is 4.49. The van der Waals surface area contributed by atoms with E-state index >= 15 is 0 Å². The number of imidazole rings is 1. The monoisotopic (exact) mass is 229 g/mol. The highest BCUT2D eigenvalue weighted by Crippen LogP contribution is 2.21. The molecule has 1 heterocycles. The molecule has 90 valence electrons. The van der Waals surface area contributed by atoms with E-state index in [9.17, 15) is 0 Å². The maximum atomic E-state index is 6.10. The van der Waals surface area contributed by atoms with Gasteiger partial charge >= 0.3 is 0 Å². The lowest BCUT2D eigenvalue weighted by Crippen LogP contribution is -2.13. The molecule has 2 rings (SSSR count). The Morgan fingerprint density at radius 3 is 2.76 bits per heavy atom. The third-order valence-electron chi connectivity index (χ3n) is 3.10. The van der Waals surface area contributed by atoms with Crippen LogP contribution < -0.4 is 5.73 Å². The first-order valence-electron chi connectivity index (χ1n) is 5.99. The van der Waals surface area contributed by atoms with Crippen LogP contribution in [-0.2, 0) is 0 Å². The topological polar surface area (TPSA) is 43.8 Å². The Morgan fingerprint density at radius 2 is 2.12 bits per heavy atom. The summed E-state index contributed by atoms with van der Waals surface area (Å²) < 4.78 is 2.09. The van der Waals surface area contributed by atoms with Gasteiger partial charge in [0.25, 0.3) is 0 Å². The van der Waals surface area contributed by atoms with Gasteiger partial charge in [0.1, 0.15) is 0 Å². The molecule has 0 aliphatic heterocycles. The van der Waals surface area contributed by atoms with Crippen LogP contribution in [0.2, 0.25) is 0 Å². The Bertz CT molecular complexity index is 514. The maximum absolute atomic E-state index is 6.10. The summed E-state index contributed by atoms with van der Waals surface area (Å²) in [5.74, 6) is 0. The minimum atomic E-state index is 0.0400. The number of aryl methyl sites for hydroxylation is 2. The quantitative estimate of drug-likeness (QED) is 0.879. The van der Waals surface area contributed by atoms with Gasteiger partial charge in [0.05, 0.1) is 18.2 Å². The van der Waals surface area contributed by atoms with Crippen molar-refractivity contribution in [2.75, 3.05) is 0 Å². The van der Waals surface area contributed by atoms with Crippen molar-refractivity contribution >= 4 is 0 Å². The van der Waals surface area contributed by atoms with Crippen molar-refractivity contribution in [3.05, 3.63) is 47.5 Å². The minimum absolute atomic E-state index is 0.0400. The predicted octanol–water partition coefficient (Wildman–Crippen LogP) is 2.90. The van der Waals surface area contributed by atoms with E-state index < -0.39 is 0 Å². The molecule has 0 unspecified atom stereocenters. The Kier molecular flexibility index (Phi) is 3.29. The smallest absolute Gasteiger partial charge is 0.0994 e. The number of benzene rings is 1. The standard InChI is InChI=1S/C14H19N3/c1-4-12(15)14-8-16-9-17(14)13-6-5-10(2)7-11(13)3/h5-9,12H,4,15H2,1-3H3/t12-/m1/s1. The summed E-state index contributed by atoms with van der Waals surface area (Å²) in [4.78, 5) is 4.21. The fourth-order valence-corrected chi connectivity index (χ4v) is 2.07. The summed E-state index contributed by atoms with van der Waals surface area (Å²) in [5.41, 5.74) is 10.8. The van der Waals surface area contributed by atoms with E-state index in [4.69, 9.17) is 5.73 Å². The van der Waals surface area contributed by atoms with Crippen LogP contribution in [0.5, 0.6) is 0 Å². The molecule has 0 amide bonds. The molecule has 2 N–H and O–H groups in total. The molecule has 0 saturated heterocycles. The molecule has 2 aromatic rings.